The molecule has 0 aromatic heterocycles. The standard InChI is InChI=1S/C14H20N2O2S/c1-4-16(8-10(3)13(15)19)14(18)11-7-9(2)5-6-12(11)17/h5-7,10,17H,4,8H2,1-3H3,(H2,15,19). The third kappa shape index (κ3) is 3.92. The molecule has 0 aliphatic heterocycles. The molecule has 104 valence electrons. The molecule has 0 radical (unpaired) electrons. The van der Waals surface area contributed by atoms with Gasteiger partial charge in [-0.15, -0.1) is 0 Å². The van der Waals surface area contributed by atoms with Crippen LogP contribution in [0.25, 0.3) is 0 Å². The lowest BCUT2D eigenvalue weighted by atomic mass is 10.1. The highest BCUT2D eigenvalue weighted by Crippen LogP contribution is 2.20. The first kappa shape index (κ1) is 15.4. The summed E-state index contributed by atoms with van der Waals surface area (Å²) in [4.78, 5) is 14.4. The molecule has 0 bridgehead atoms. The maximum absolute atomic E-state index is 12.4. The molecule has 1 aromatic carbocycles. The van der Waals surface area contributed by atoms with Crippen LogP contribution in [0.3, 0.4) is 0 Å². The molecular weight excluding hydrogens is 260 g/mol. The van der Waals surface area contributed by atoms with Crippen molar-refractivity contribution >= 4 is 23.1 Å². The van der Waals surface area contributed by atoms with Gasteiger partial charge in [0.1, 0.15) is 5.75 Å². The monoisotopic (exact) mass is 280 g/mol. The molecule has 0 spiro atoms. The first-order valence-corrected chi connectivity index (χ1v) is 6.65. The van der Waals surface area contributed by atoms with E-state index in [1.807, 2.05) is 20.8 Å². The van der Waals surface area contributed by atoms with Gasteiger partial charge >= 0.3 is 0 Å². The average Bonchev–Trinajstić information content (AvgIpc) is 2.37. The summed E-state index contributed by atoms with van der Waals surface area (Å²) in [6.07, 6.45) is 0. The molecule has 1 unspecified atom stereocenters. The Morgan fingerprint density at radius 1 is 1.53 bits per heavy atom. The van der Waals surface area contributed by atoms with Gasteiger partial charge in [0, 0.05) is 19.0 Å². The first-order valence-electron chi connectivity index (χ1n) is 6.25. The summed E-state index contributed by atoms with van der Waals surface area (Å²) < 4.78 is 0. The molecule has 1 aromatic rings. The lowest BCUT2D eigenvalue weighted by Crippen LogP contribution is -2.38. The number of carbonyl (C=O) groups excluding carboxylic acids is 1. The molecule has 0 aliphatic rings. The van der Waals surface area contributed by atoms with E-state index in [0.717, 1.165) is 5.56 Å². The normalized spacial score (nSPS) is 11.9. The van der Waals surface area contributed by atoms with Crippen molar-refractivity contribution in [2.24, 2.45) is 11.7 Å². The van der Waals surface area contributed by atoms with Crippen molar-refractivity contribution in [1.29, 1.82) is 0 Å². The molecule has 0 heterocycles. The van der Waals surface area contributed by atoms with E-state index < -0.39 is 0 Å². The zero-order valence-corrected chi connectivity index (χ0v) is 12.3. The topological polar surface area (TPSA) is 66.6 Å². The van der Waals surface area contributed by atoms with Crippen LogP contribution in [0, 0.1) is 12.8 Å². The van der Waals surface area contributed by atoms with Crippen molar-refractivity contribution in [2.75, 3.05) is 13.1 Å². The predicted molar refractivity (Wildman–Crippen MR) is 80.4 cm³/mol. The Labute approximate surface area is 119 Å². The summed E-state index contributed by atoms with van der Waals surface area (Å²) >= 11 is 4.92. The number of benzene rings is 1. The molecule has 1 rings (SSSR count). The minimum atomic E-state index is -0.202. The van der Waals surface area contributed by atoms with E-state index in [2.05, 4.69) is 0 Å². The van der Waals surface area contributed by atoms with Gasteiger partial charge in [-0.1, -0.05) is 30.8 Å². The highest BCUT2D eigenvalue weighted by atomic mass is 32.1. The van der Waals surface area contributed by atoms with Crippen LogP contribution in [-0.2, 0) is 0 Å². The molecule has 19 heavy (non-hydrogen) atoms. The number of amides is 1. The molecule has 5 heteroatoms. The number of aromatic hydroxyl groups is 1. The van der Waals surface area contributed by atoms with E-state index in [1.54, 1.807) is 17.0 Å². The number of thiocarbonyl (C=S) groups is 1. The molecule has 1 amide bonds. The van der Waals surface area contributed by atoms with Crippen molar-refractivity contribution in [3.8, 4) is 5.75 Å². The highest BCUT2D eigenvalue weighted by Gasteiger charge is 2.20. The number of nitrogens with zero attached hydrogens (tertiary/aromatic N) is 1. The Kier molecular flexibility index (Phi) is 5.30. The lowest BCUT2D eigenvalue weighted by Gasteiger charge is -2.24. The van der Waals surface area contributed by atoms with Gasteiger partial charge in [-0.3, -0.25) is 4.79 Å². The van der Waals surface area contributed by atoms with Crippen LogP contribution in [0.5, 0.6) is 5.75 Å². The zero-order valence-electron chi connectivity index (χ0n) is 11.5. The summed E-state index contributed by atoms with van der Waals surface area (Å²) in [5.74, 6) is -0.255. The molecule has 1 atom stereocenters. The van der Waals surface area contributed by atoms with Gasteiger partial charge in [-0.25, -0.2) is 0 Å². The van der Waals surface area contributed by atoms with E-state index in [0.29, 0.717) is 23.6 Å². The third-order valence-electron chi connectivity index (χ3n) is 3.03. The maximum atomic E-state index is 12.4. The molecule has 0 aliphatic carbocycles. The second-order valence-corrected chi connectivity index (χ2v) is 5.14. The van der Waals surface area contributed by atoms with Crippen molar-refractivity contribution in [1.82, 2.24) is 4.90 Å². The van der Waals surface area contributed by atoms with E-state index in [1.165, 1.54) is 6.07 Å². The molecular formula is C14H20N2O2S. The lowest BCUT2D eigenvalue weighted by molar-refractivity contribution is 0.0752. The SMILES string of the molecule is CCN(CC(C)C(N)=S)C(=O)c1cc(C)ccc1O. The summed E-state index contributed by atoms with van der Waals surface area (Å²) in [5, 5.41) is 9.80. The fourth-order valence-electron chi connectivity index (χ4n) is 1.77. The summed E-state index contributed by atoms with van der Waals surface area (Å²) in [6, 6.07) is 4.99. The van der Waals surface area contributed by atoms with Gasteiger partial charge in [0.05, 0.1) is 10.6 Å². The van der Waals surface area contributed by atoms with Gasteiger partial charge in [-0.2, -0.15) is 0 Å². The highest BCUT2D eigenvalue weighted by molar-refractivity contribution is 7.80. The van der Waals surface area contributed by atoms with Gasteiger partial charge in [0.2, 0.25) is 0 Å². The second-order valence-electron chi connectivity index (χ2n) is 4.67. The maximum Gasteiger partial charge on any atom is 0.257 e. The second kappa shape index (κ2) is 6.52. The largest absolute Gasteiger partial charge is 0.507 e. The van der Waals surface area contributed by atoms with Gasteiger partial charge < -0.3 is 15.7 Å². The van der Waals surface area contributed by atoms with Crippen LogP contribution in [-0.4, -0.2) is 34.0 Å². The van der Waals surface area contributed by atoms with Crippen LogP contribution < -0.4 is 5.73 Å². The summed E-state index contributed by atoms with van der Waals surface area (Å²) in [5.41, 5.74) is 6.82. The van der Waals surface area contributed by atoms with Crippen LogP contribution in [0.1, 0.15) is 29.8 Å². The first-order chi connectivity index (χ1) is 8.86. The Morgan fingerprint density at radius 2 is 2.16 bits per heavy atom. The van der Waals surface area contributed by atoms with E-state index >= 15 is 0 Å². The number of phenols is 1. The van der Waals surface area contributed by atoms with Gasteiger partial charge in [-0.05, 0) is 26.0 Å². The summed E-state index contributed by atoms with van der Waals surface area (Å²) in [6.45, 7) is 6.65. The summed E-state index contributed by atoms with van der Waals surface area (Å²) in [7, 11) is 0. The molecule has 4 nitrogen and oxygen atoms in total. The van der Waals surface area contributed by atoms with Crippen LogP contribution >= 0.6 is 12.2 Å². The number of aryl methyl sites for hydroxylation is 1. The fourth-order valence-corrected chi connectivity index (χ4v) is 1.84. The van der Waals surface area contributed by atoms with Crippen LogP contribution in [0.15, 0.2) is 18.2 Å². The van der Waals surface area contributed by atoms with Gasteiger partial charge in [0.15, 0.2) is 0 Å². The number of hydrogen-bond acceptors (Lipinski definition) is 3. The van der Waals surface area contributed by atoms with Gasteiger partial charge in [0.25, 0.3) is 5.91 Å². The number of nitrogens with two attached hydrogens (primary N) is 1. The zero-order chi connectivity index (χ0) is 14.6. The van der Waals surface area contributed by atoms with E-state index in [4.69, 9.17) is 18.0 Å². The van der Waals surface area contributed by atoms with Crippen molar-refractivity contribution in [3.05, 3.63) is 29.3 Å². The number of phenolic OH excluding ortho intramolecular Hbond substituents is 1. The number of rotatable bonds is 5. The van der Waals surface area contributed by atoms with E-state index in [9.17, 15) is 9.90 Å². The Balaban J connectivity index is 2.95. The fraction of sp³-hybridized carbons (Fsp3) is 0.429. The molecule has 0 saturated heterocycles. The smallest absolute Gasteiger partial charge is 0.257 e. The number of carbonyl (C=O) groups is 1. The molecule has 0 fully saturated rings. The Morgan fingerprint density at radius 3 is 2.68 bits per heavy atom. The number of hydrogen-bond donors (Lipinski definition) is 2. The van der Waals surface area contributed by atoms with Crippen molar-refractivity contribution in [3.63, 3.8) is 0 Å². The predicted octanol–water partition coefficient (Wildman–Crippen LogP) is 2.08. The van der Waals surface area contributed by atoms with Crippen molar-refractivity contribution < 1.29 is 9.90 Å². The minimum Gasteiger partial charge on any atom is -0.507 e. The quantitative estimate of drug-likeness (QED) is 0.810. The Hall–Kier alpha value is -1.62. The van der Waals surface area contributed by atoms with Crippen LogP contribution in [0.2, 0.25) is 0 Å². The molecule has 3 N–H and O–H groups in total. The third-order valence-corrected chi connectivity index (χ3v) is 3.43. The molecule has 0 saturated carbocycles. The average molecular weight is 280 g/mol. The van der Waals surface area contributed by atoms with Crippen molar-refractivity contribution in [2.45, 2.75) is 20.8 Å². The van der Waals surface area contributed by atoms with Crippen LogP contribution in [0.4, 0.5) is 0 Å². The Bertz CT molecular complexity index is 488. The van der Waals surface area contributed by atoms with E-state index in [-0.39, 0.29) is 17.6 Å². The minimum absolute atomic E-state index is 0.00275.